The van der Waals surface area contributed by atoms with Gasteiger partial charge >= 0.3 is 0 Å². The van der Waals surface area contributed by atoms with E-state index in [-0.39, 0.29) is 0 Å². The van der Waals surface area contributed by atoms with Gasteiger partial charge in [0.15, 0.2) is 0 Å². The van der Waals surface area contributed by atoms with Crippen molar-refractivity contribution >= 4 is 0 Å². The van der Waals surface area contributed by atoms with E-state index in [0.717, 1.165) is 13.1 Å². The van der Waals surface area contributed by atoms with Crippen molar-refractivity contribution in [2.45, 2.75) is 13.8 Å². The molecule has 0 rings (SSSR count). The summed E-state index contributed by atoms with van der Waals surface area (Å²) in [4.78, 5) is 0. The van der Waals surface area contributed by atoms with Crippen LogP contribution in [0.25, 0.3) is 0 Å². The molecule has 0 amide bonds. The minimum atomic E-state index is 0.908. The first-order chi connectivity index (χ1) is 3.77. The molecule has 1 N–H and O–H groups in total. The first kappa shape index (κ1) is 7.70. The molecule has 0 bridgehead atoms. The van der Waals surface area contributed by atoms with Crippen LogP contribution < -0.4 is 5.32 Å². The molecular weight excluding hydrogens is 98.1 g/mol. The monoisotopic (exact) mass is 112 g/mol. The summed E-state index contributed by atoms with van der Waals surface area (Å²) in [5, 5.41) is 3.18. The van der Waals surface area contributed by atoms with Gasteiger partial charge in [-0.25, -0.2) is 0 Å². The van der Waals surface area contributed by atoms with Gasteiger partial charge in [0.2, 0.25) is 0 Å². The topological polar surface area (TPSA) is 12.0 Å². The lowest BCUT2D eigenvalue weighted by molar-refractivity contribution is 0.756. The Labute approximate surface area is 51.8 Å². The molecule has 1 radical (unpaired) electrons. The minimum absolute atomic E-state index is 0.908. The number of hydrogen-bond donors (Lipinski definition) is 1. The van der Waals surface area contributed by atoms with Crippen molar-refractivity contribution in [2.75, 3.05) is 13.1 Å². The van der Waals surface area contributed by atoms with Crippen LogP contribution in [0.1, 0.15) is 13.8 Å². The molecule has 0 aromatic rings. The fraction of sp³-hybridized carbons (Fsp3) is 0.571. The third kappa shape index (κ3) is 5.70. The van der Waals surface area contributed by atoms with Crippen LogP contribution in [0.4, 0.5) is 0 Å². The van der Waals surface area contributed by atoms with E-state index >= 15 is 0 Å². The van der Waals surface area contributed by atoms with Gasteiger partial charge in [-0.1, -0.05) is 19.9 Å². The third-order valence-electron chi connectivity index (χ3n) is 0.767. The van der Waals surface area contributed by atoms with E-state index in [1.807, 2.05) is 6.08 Å². The van der Waals surface area contributed by atoms with Crippen molar-refractivity contribution in [3.63, 3.8) is 0 Å². The van der Waals surface area contributed by atoms with Gasteiger partial charge in [0.05, 0.1) is 0 Å². The molecule has 0 heterocycles. The Morgan fingerprint density at radius 1 is 1.62 bits per heavy atom. The minimum Gasteiger partial charge on any atom is -0.313 e. The molecular formula is C7H14N. The zero-order chi connectivity index (χ0) is 6.41. The molecule has 0 aromatic heterocycles. The maximum Gasteiger partial charge on any atom is 0.0132 e. The Bertz CT molecular complexity index is 57.4. The fourth-order valence-electron chi connectivity index (χ4n) is 0.424. The lowest BCUT2D eigenvalue weighted by Gasteiger charge is -2.02. The maximum absolute atomic E-state index is 3.59. The van der Waals surface area contributed by atoms with Crippen LogP contribution in [0.2, 0.25) is 0 Å². The van der Waals surface area contributed by atoms with Gasteiger partial charge in [-0.15, -0.1) is 6.58 Å². The standard InChI is InChI=1S/C7H14N/c1-4-5-8-6-7(2)3/h4,8H,1,5-6H2,2-3H3. The summed E-state index contributed by atoms with van der Waals surface area (Å²) in [7, 11) is 0. The van der Waals surface area contributed by atoms with Gasteiger partial charge in [0, 0.05) is 13.1 Å². The van der Waals surface area contributed by atoms with E-state index in [1.165, 1.54) is 5.92 Å². The summed E-state index contributed by atoms with van der Waals surface area (Å²) in [6, 6.07) is 0. The van der Waals surface area contributed by atoms with Crippen LogP contribution in [-0.4, -0.2) is 13.1 Å². The molecule has 0 aliphatic heterocycles. The predicted molar refractivity (Wildman–Crippen MR) is 37.7 cm³/mol. The SMILES string of the molecule is C=CCNC[C](C)C. The van der Waals surface area contributed by atoms with Crippen LogP contribution in [0, 0.1) is 5.92 Å². The molecule has 0 unspecified atom stereocenters. The summed E-state index contributed by atoms with van der Waals surface area (Å²) in [6.45, 7) is 9.71. The number of rotatable bonds is 4. The summed E-state index contributed by atoms with van der Waals surface area (Å²) in [5.41, 5.74) is 0. The van der Waals surface area contributed by atoms with Gasteiger partial charge < -0.3 is 5.32 Å². The summed E-state index contributed by atoms with van der Waals surface area (Å²) in [6.07, 6.45) is 1.86. The van der Waals surface area contributed by atoms with Gasteiger partial charge in [-0.3, -0.25) is 0 Å². The zero-order valence-electron chi connectivity index (χ0n) is 5.70. The highest BCUT2D eigenvalue weighted by Gasteiger charge is 1.88. The Hall–Kier alpha value is -0.300. The second-order valence-electron chi connectivity index (χ2n) is 2.13. The lowest BCUT2D eigenvalue weighted by atomic mass is 10.2. The summed E-state index contributed by atoms with van der Waals surface area (Å²) in [5.74, 6) is 1.41. The normalized spacial score (nSPS) is 9.88. The number of nitrogens with one attached hydrogen (secondary N) is 1. The molecule has 1 heteroatoms. The Kier molecular flexibility index (Phi) is 4.67. The van der Waals surface area contributed by atoms with Crippen molar-refractivity contribution in [1.82, 2.24) is 5.32 Å². The van der Waals surface area contributed by atoms with Crippen molar-refractivity contribution in [1.29, 1.82) is 0 Å². The second kappa shape index (κ2) is 4.85. The van der Waals surface area contributed by atoms with Gasteiger partial charge in [-0.2, -0.15) is 0 Å². The van der Waals surface area contributed by atoms with Crippen molar-refractivity contribution in [3.05, 3.63) is 18.6 Å². The molecule has 47 valence electrons. The zero-order valence-corrected chi connectivity index (χ0v) is 5.70. The molecule has 1 nitrogen and oxygen atoms in total. The lowest BCUT2D eigenvalue weighted by Crippen LogP contribution is -2.17. The quantitative estimate of drug-likeness (QED) is 0.428. The van der Waals surface area contributed by atoms with E-state index in [1.54, 1.807) is 0 Å². The Balaban J connectivity index is 2.81. The van der Waals surface area contributed by atoms with Crippen LogP contribution in [-0.2, 0) is 0 Å². The molecule has 8 heavy (non-hydrogen) atoms. The average Bonchev–Trinajstić information content (AvgIpc) is 1.66. The summed E-state index contributed by atoms with van der Waals surface area (Å²) >= 11 is 0. The molecule has 0 atom stereocenters. The van der Waals surface area contributed by atoms with E-state index < -0.39 is 0 Å². The van der Waals surface area contributed by atoms with Crippen LogP contribution >= 0.6 is 0 Å². The molecule has 0 aliphatic rings. The van der Waals surface area contributed by atoms with Crippen LogP contribution in [0.15, 0.2) is 12.7 Å². The Morgan fingerprint density at radius 3 is 2.62 bits per heavy atom. The number of hydrogen-bond acceptors (Lipinski definition) is 1. The molecule has 0 saturated heterocycles. The van der Waals surface area contributed by atoms with E-state index in [2.05, 4.69) is 25.7 Å². The van der Waals surface area contributed by atoms with Crippen molar-refractivity contribution in [3.8, 4) is 0 Å². The first-order valence-corrected chi connectivity index (χ1v) is 2.88. The van der Waals surface area contributed by atoms with Crippen LogP contribution in [0.5, 0.6) is 0 Å². The highest BCUT2D eigenvalue weighted by Crippen LogP contribution is 1.88. The smallest absolute Gasteiger partial charge is 0.0132 e. The first-order valence-electron chi connectivity index (χ1n) is 2.88. The molecule has 0 saturated carbocycles. The van der Waals surface area contributed by atoms with E-state index in [9.17, 15) is 0 Å². The summed E-state index contributed by atoms with van der Waals surface area (Å²) < 4.78 is 0. The maximum atomic E-state index is 3.59. The van der Waals surface area contributed by atoms with Crippen molar-refractivity contribution < 1.29 is 0 Å². The van der Waals surface area contributed by atoms with Gasteiger partial charge in [-0.05, 0) is 5.92 Å². The highest BCUT2D eigenvalue weighted by atomic mass is 14.8. The average molecular weight is 112 g/mol. The van der Waals surface area contributed by atoms with Crippen molar-refractivity contribution in [2.24, 2.45) is 0 Å². The molecule has 0 aliphatic carbocycles. The van der Waals surface area contributed by atoms with Gasteiger partial charge in [0.1, 0.15) is 0 Å². The van der Waals surface area contributed by atoms with Gasteiger partial charge in [0.25, 0.3) is 0 Å². The van der Waals surface area contributed by atoms with E-state index in [0.29, 0.717) is 0 Å². The fourth-order valence-corrected chi connectivity index (χ4v) is 0.424. The third-order valence-corrected chi connectivity index (χ3v) is 0.767. The largest absolute Gasteiger partial charge is 0.313 e. The molecule has 0 aromatic carbocycles. The van der Waals surface area contributed by atoms with E-state index in [4.69, 9.17) is 0 Å². The molecule has 0 fully saturated rings. The second-order valence-corrected chi connectivity index (χ2v) is 2.13. The Morgan fingerprint density at radius 2 is 2.25 bits per heavy atom. The highest BCUT2D eigenvalue weighted by molar-refractivity contribution is 4.81. The van der Waals surface area contributed by atoms with Crippen LogP contribution in [0.3, 0.4) is 0 Å². The predicted octanol–water partition coefficient (Wildman–Crippen LogP) is 1.38. The molecule has 0 spiro atoms.